The summed E-state index contributed by atoms with van der Waals surface area (Å²) in [6.45, 7) is 0. The molecule has 0 unspecified atom stereocenters. The van der Waals surface area contributed by atoms with Crippen LogP contribution in [-0.4, -0.2) is 10.9 Å². The van der Waals surface area contributed by atoms with Gasteiger partial charge in [-0.2, -0.15) is 5.10 Å². The van der Waals surface area contributed by atoms with Gasteiger partial charge in [-0.3, -0.25) is 0 Å². The van der Waals surface area contributed by atoms with Gasteiger partial charge >= 0.3 is 0 Å². The number of rotatable bonds is 2. The summed E-state index contributed by atoms with van der Waals surface area (Å²) in [5, 5.41) is 4.14. The summed E-state index contributed by atoms with van der Waals surface area (Å²) in [5.74, 6) is 0.716. The molecule has 0 saturated heterocycles. The maximum absolute atomic E-state index is 5.15. The van der Waals surface area contributed by atoms with Crippen LogP contribution in [0.5, 0.6) is 0 Å². The van der Waals surface area contributed by atoms with Crippen molar-refractivity contribution in [1.29, 1.82) is 0 Å². The van der Waals surface area contributed by atoms with Gasteiger partial charge in [0, 0.05) is 12.4 Å². The second-order valence-corrected chi connectivity index (χ2v) is 3.29. The standard InChI is InChI=1S/C9H7BrN2O/c10-8-3-6-13-9(8)7-11-12-4-1-2-5-12/h1-7H/b11-7+. The normalized spacial score (nSPS) is 11.2. The molecule has 0 aliphatic carbocycles. The molecule has 2 heterocycles. The monoisotopic (exact) mass is 238 g/mol. The predicted molar refractivity (Wildman–Crippen MR) is 53.8 cm³/mol. The van der Waals surface area contributed by atoms with Crippen molar-refractivity contribution < 1.29 is 4.42 Å². The van der Waals surface area contributed by atoms with Gasteiger partial charge in [-0.1, -0.05) is 0 Å². The molecule has 0 aliphatic rings. The van der Waals surface area contributed by atoms with E-state index in [0.29, 0.717) is 5.76 Å². The Morgan fingerprint density at radius 3 is 2.77 bits per heavy atom. The van der Waals surface area contributed by atoms with Crippen molar-refractivity contribution in [2.45, 2.75) is 0 Å². The summed E-state index contributed by atoms with van der Waals surface area (Å²) in [7, 11) is 0. The van der Waals surface area contributed by atoms with Gasteiger partial charge in [0.1, 0.15) is 0 Å². The van der Waals surface area contributed by atoms with Crippen LogP contribution >= 0.6 is 15.9 Å². The highest BCUT2D eigenvalue weighted by Gasteiger charge is 1.97. The SMILES string of the molecule is Brc1ccoc1/C=N/n1cccc1. The Balaban J connectivity index is 2.19. The van der Waals surface area contributed by atoms with Gasteiger partial charge in [-0.05, 0) is 34.1 Å². The van der Waals surface area contributed by atoms with Crippen molar-refractivity contribution >= 4 is 22.1 Å². The zero-order chi connectivity index (χ0) is 9.10. The fourth-order valence-electron chi connectivity index (χ4n) is 0.919. The first kappa shape index (κ1) is 8.31. The minimum atomic E-state index is 0.716. The van der Waals surface area contributed by atoms with E-state index in [1.54, 1.807) is 17.2 Å². The molecule has 0 atom stereocenters. The Morgan fingerprint density at radius 2 is 2.15 bits per heavy atom. The molecule has 13 heavy (non-hydrogen) atoms. The number of hydrogen-bond donors (Lipinski definition) is 0. The quantitative estimate of drug-likeness (QED) is 0.741. The largest absolute Gasteiger partial charge is 0.462 e. The molecule has 0 aliphatic heterocycles. The molecule has 2 rings (SSSR count). The average molecular weight is 239 g/mol. The molecule has 0 aromatic carbocycles. The molecule has 0 saturated carbocycles. The second-order valence-electron chi connectivity index (χ2n) is 2.44. The van der Waals surface area contributed by atoms with E-state index in [1.165, 1.54) is 0 Å². The molecular weight excluding hydrogens is 232 g/mol. The maximum atomic E-state index is 5.15. The Labute approximate surface area is 83.8 Å². The minimum absolute atomic E-state index is 0.716. The molecule has 0 radical (unpaired) electrons. The van der Waals surface area contributed by atoms with Crippen LogP contribution in [-0.2, 0) is 0 Å². The molecule has 66 valence electrons. The Morgan fingerprint density at radius 1 is 1.38 bits per heavy atom. The summed E-state index contributed by atoms with van der Waals surface area (Å²) < 4.78 is 7.76. The molecule has 0 amide bonds. The van der Waals surface area contributed by atoms with Crippen molar-refractivity contribution in [2.24, 2.45) is 5.10 Å². The lowest BCUT2D eigenvalue weighted by Gasteiger charge is -1.89. The fourth-order valence-corrected chi connectivity index (χ4v) is 1.22. The van der Waals surface area contributed by atoms with Crippen molar-refractivity contribution in [3.8, 4) is 0 Å². The number of nitrogens with zero attached hydrogens (tertiary/aromatic N) is 2. The van der Waals surface area contributed by atoms with Crippen molar-refractivity contribution in [3.05, 3.63) is 47.1 Å². The van der Waals surface area contributed by atoms with E-state index in [2.05, 4.69) is 21.0 Å². The summed E-state index contributed by atoms with van der Waals surface area (Å²) in [6.07, 6.45) is 6.98. The number of furan rings is 1. The minimum Gasteiger partial charge on any atom is -0.462 e. The third kappa shape index (κ3) is 1.89. The molecule has 0 spiro atoms. The molecule has 2 aromatic heterocycles. The summed E-state index contributed by atoms with van der Waals surface area (Å²) in [6, 6.07) is 5.65. The summed E-state index contributed by atoms with van der Waals surface area (Å²) in [5.41, 5.74) is 0. The maximum Gasteiger partial charge on any atom is 0.160 e. The van der Waals surface area contributed by atoms with Crippen LogP contribution in [0.1, 0.15) is 5.76 Å². The zero-order valence-corrected chi connectivity index (χ0v) is 8.31. The van der Waals surface area contributed by atoms with E-state index in [-0.39, 0.29) is 0 Å². The van der Waals surface area contributed by atoms with Crippen molar-refractivity contribution in [2.75, 3.05) is 0 Å². The fraction of sp³-hybridized carbons (Fsp3) is 0. The third-order valence-electron chi connectivity index (χ3n) is 1.54. The van der Waals surface area contributed by atoms with Crippen LogP contribution in [0.2, 0.25) is 0 Å². The third-order valence-corrected chi connectivity index (χ3v) is 2.20. The van der Waals surface area contributed by atoms with Crippen LogP contribution in [0, 0.1) is 0 Å². The topological polar surface area (TPSA) is 30.4 Å². The molecule has 0 fully saturated rings. The lowest BCUT2D eigenvalue weighted by Crippen LogP contribution is -1.84. The zero-order valence-electron chi connectivity index (χ0n) is 6.72. The highest BCUT2D eigenvalue weighted by Crippen LogP contribution is 2.15. The van der Waals surface area contributed by atoms with Gasteiger partial charge in [-0.15, -0.1) is 0 Å². The predicted octanol–water partition coefficient (Wildman–Crippen LogP) is 2.73. The molecule has 3 nitrogen and oxygen atoms in total. The Hall–Kier alpha value is -1.29. The van der Waals surface area contributed by atoms with Crippen LogP contribution in [0.15, 0.2) is 50.8 Å². The van der Waals surface area contributed by atoms with E-state index in [1.807, 2.05) is 30.6 Å². The molecule has 0 N–H and O–H groups in total. The lowest BCUT2D eigenvalue weighted by molar-refractivity contribution is 0.558. The van der Waals surface area contributed by atoms with Crippen LogP contribution in [0.3, 0.4) is 0 Å². The lowest BCUT2D eigenvalue weighted by atomic mass is 10.5. The van der Waals surface area contributed by atoms with Gasteiger partial charge in [0.25, 0.3) is 0 Å². The first-order valence-electron chi connectivity index (χ1n) is 3.76. The van der Waals surface area contributed by atoms with Gasteiger partial charge in [-0.25, -0.2) is 4.68 Å². The number of aromatic nitrogens is 1. The van der Waals surface area contributed by atoms with E-state index in [4.69, 9.17) is 4.42 Å². The second kappa shape index (κ2) is 3.62. The summed E-state index contributed by atoms with van der Waals surface area (Å²) >= 11 is 3.34. The van der Waals surface area contributed by atoms with Gasteiger partial charge in [0.15, 0.2) is 5.76 Å². The first-order chi connectivity index (χ1) is 6.36. The van der Waals surface area contributed by atoms with E-state index < -0.39 is 0 Å². The smallest absolute Gasteiger partial charge is 0.160 e. The number of hydrogen-bond acceptors (Lipinski definition) is 2. The van der Waals surface area contributed by atoms with Crippen LogP contribution < -0.4 is 0 Å². The van der Waals surface area contributed by atoms with Gasteiger partial charge in [0.05, 0.1) is 17.0 Å². The van der Waals surface area contributed by atoms with E-state index in [9.17, 15) is 0 Å². The Bertz CT molecular complexity index is 403. The van der Waals surface area contributed by atoms with Gasteiger partial charge in [0.2, 0.25) is 0 Å². The molecule has 2 aromatic rings. The van der Waals surface area contributed by atoms with Gasteiger partial charge < -0.3 is 4.42 Å². The Kier molecular flexibility index (Phi) is 2.31. The van der Waals surface area contributed by atoms with Crippen molar-refractivity contribution in [1.82, 2.24) is 4.68 Å². The number of halogens is 1. The van der Waals surface area contributed by atoms with Crippen molar-refractivity contribution in [3.63, 3.8) is 0 Å². The first-order valence-corrected chi connectivity index (χ1v) is 4.56. The highest BCUT2D eigenvalue weighted by molar-refractivity contribution is 9.10. The summed E-state index contributed by atoms with van der Waals surface area (Å²) in [4.78, 5) is 0. The average Bonchev–Trinajstić information content (AvgIpc) is 2.72. The molecular formula is C9H7BrN2O. The molecule has 0 bridgehead atoms. The van der Waals surface area contributed by atoms with E-state index in [0.717, 1.165) is 4.47 Å². The molecule has 4 heteroatoms. The van der Waals surface area contributed by atoms with Crippen LogP contribution in [0.4, 0.5) is 0 Å². The highest BCUT2D eigenvalue weighted by atomic mass is 79.9. The van der Waals surface area contributed by atoms with E-state index >= 15 is 0 Å². The van der Waals surface area contributed by atoms with Crippen LogP contribution in [0.25, 0.3) is 0 Å².